The van der Waals surface area contributed by atoms with Crippen LogP contribution in [0.25, 0.3) is 10.6 Å². The lowest BCUT2D eigenvalue weighted by Gasteiger charge is -2.37. The average Bonchev–Trinajstić information content (AvgIpc) is 3.53. The molecular weight excluding hydrogens is 484 g/mol. The van der Waals surface area contributed by atoms with Gasteiger partial charge in [-0.2, -0.15) is 0 Å². The van der Waals surface area contributed by atoms with Gasteiger partial charge in [-0.05, 0) is 44.5 Å². The van der Waals surface area contributed by atoms with E-state index in [2.05, 4.69) is 37.7 Å². The highest BCUT2D eigenvalue weighted by molar-refractivity contribution is 7.18. The lowest BCUT2D eigenvalue weighted by molar-refractivity contribution is -0.123. The van der Waals surface area contributed by atoms with E-state index in [0.29, 0.717) is 16.4 Å². The number of aromatic nitrogens is 2. The molecule has 8 nitrogen and oxygen atoms in total. The Morgan fingerprint density at radius 1 is 0.971 bits per heavy atom. The number of carbonyl (C=O) groups is 2. The normalized spacial score (nSPS) is 17.3. The molecule has 3 aromatic rings. The molecule has 1 aliphatic heterocycles. The molecule has 2 aromatic carbocycles. The summed E-state index contributed by atoms with van der Waals surface area (Å²) in [5.41, 5.74) is 2.59. The van der Waals surface area contributed by atoms with Crippen LogP contribution in [0.1, 0.15) is 28.8 Å². The summed E-state index contributed by atoms with van der Waals surface area (Å²) >= 11 is 1.32. The predicted octanol–water partition coefficient (Wildman–Crippen LogP) is 3.91. The Morgan fingerprint density at radius 3 is 2.37 bits per heavy atom. The molecule has 0 radical (unpaired) electrons. The van der Waals surface area contributed by atoms with Crippen molar-refractivity contribution in [3.05, 3.63) is 59.7 Å². The number of benzene rings is 2. The van der Waals surface area contributed by atoms with Crippen LogP contribution in [0.15, 0.2) is 48.5 Å². The second kappa shape index (κ2) is 10.4. The van der Waals surface area contributed by atoms with Gasteiger partial charge in [0.25, 0.3) is 5.91 Å². The fraction of sp³-hybridized carbons (Fsp3) is 0.360. The minimum absolute atomic E-state index is 0. The van der Waals surface area contributed by atoms with Crippen molar-refractivity contribution in [3.63, 3.8) is 0 Å². The van der Waals surface area contributed by atoms with Gasteiger partial charge >= 0.3 is 0 Å². The molecule has 2 N–H and O–H groups in total. The molecule has 1 saturated heterocycles. The highest BCUT2D eigenvalue weighted by Crippen LogP contribution is 2.43. The molecule has 1 aliphatic carbocycles. The number of anilines is 2. The number of aryl methyl sites for hydroxylation is 1. The number of hydrogen-bond donors (Lipinski definition) is 2. The quantitative estimate of drug-likeness (QED) is 0.520. The standard InChI is InChI=1S/C25H28N6O2S.ClH/c1-17-8-9-19(21(32)27-24-29-28-22(34-24)18-6-4-3-5-7-18)16-20(17)26-23(33)25(10-11-25)31-14-12-30(2)13-15-31;/h3-9,16H,10-15H2,1-2H3,(H,26,33)(H,27,29,32);1H. The van der Waals surface area contributed by atoms with E-state index in [9.17, 15) is 9.59 Å². The first-order chi connectivity index (χ1) is 16.4. The first-order valence-electron chi connectivity index (χ1n) is 11.5. The van der Waals surface area contributed by atoms with Gasteiger partial charge in [0, 0.05) is 43.0 Å². The van der Waals surface area contributed by atoms with Gasteiger partial charge < -0.3 is 10.2 Å². The first-order valence-corrected chi connectivity index (χ1v) is 12.3. The summed E-state index contributed by atoms with van der Waals surface area (Å²) in [6.45, 7) is 5.68. The molecule has 184 valence electrons. The molecule has 2 heterocycles. The number of piperazine rings is 1. The lowest BCUT2D eigenvalue weighted by Crippen LogP contribution is -2.54. The largest absolute Gasteiger partial charge is 0.324 e. The summed E-state index contributed by atoms with van der Waals surface area (Å²) in [5, 5.41) is 15.4. The Morgan fingerprint density at radius 2 is 1.69 bits per heavy atom. The third-order valence-electron chi connectivity index (χ3n) is 6.67. The maximum atomic E-state index is 13.3. The number of likely N-dealkylation sites (N-methyl/N-ethyl adjacent to an activating group) is 1. The Hall–Kier alpha value is -2.85. The van der Waals surface area contributed by atoms with Gasteiger partial charge in [-0.1, -0.05) is 47.7 Å². The van der Waals surface area contributed by atoms with Crippen LogP contribution < -0.4 is 10.6 Å². The zero-order chi connectivity index (χ0) is 23.7. The van der Waals surface area contributed by atoms with Crippen LogP contribution in [0, 0.1) is 6.92 Å². The van der Waals surface area contributed by atoms with Gasteiger partial charge in [0.05, 0.1) is 0 Å². The van der Waals surface area contributed by atoms with Crippen molar-refractivity contribution in [2.24, 2.45) is 0 Å². The van der Waals surface area contributed by atoms with Crippen molar-refractivity contribution < 1.29 is 9.59 Å². The molecule has 35 heavy (non-hydrogen) atoms. The van der Waals surface area contributed by atoms with Gasteiger partial charge in [0.1, 0.15) is 10.5 Å². The van der Waals surface area contributed by atoms with Gasteiger partial charge in [-0.3, -0.25) is 19.8 Å². The van der Waals surface area contributed by atoms with Crippen molar-refractivity contribution >= 4 is 46.4 Å². The number of amides is 2. The number of nitrogens with one attached hydrogen (secondary N) is 2. The Balaban J connectivity index is 0.00000289. The second-order valence-electron chi connectivity index (χ2n) is 9.04. The highest BCUT2D eigenvalue weighted by atomic mass is 35.5. The summed E-state index contributed by atoms with van der Waals surface area (Å²) in [6.07, 6.45) is 1.76. The van der Waals surface area contributed by atoms with E-state index in [4.69, 9.17) is 0 Å². The predicted molar refractivity (Wildman–Crippen MR) is 141 cm³/mol. The van der Waals surface area contributed by atoms with Crippen LogP contribution >= 0.6 is 23.7 Å². The highest BCUT2D eigenvalue weighted by Gasteiger charge is 2.54. The minimum atomic E-state index is -0.410. The number of carbonyl (C=O) groups excluding carboxylic acids is 2. The van der Waals surface area contributed by atoms with Crippen LogP contribution in [-0.2, 0) is 4.79 Å². The molecule has 5 rings (SSSR count). The van der Waals surface area contributed by atoms with Gasteiger partial charge in [-0.25, -0.2) is 0 Å². The molecular formula is C25H29ClN6O2S. The molecule has 2 fully saturated rings. The molecule has 0 unspecified atom stereocenters. The van der Waals surface area contributed by atoms with Crippen molar-refractivity contribution in [2.75, 3.05) is 43.9 Å². The summed E-state index contributed by atoms with van der Waals surface area (Å²) in [4.78, 5) is 30.8. The Kier molecular flexibility index (Phi) is 7.51. The molecule has 2 amide bonds. The zero-order valence-electron chi connectivity index (χ0n) is 19.8. The van der Waals surface area contributed by atoms with Crippen molar-refractivity contribution in [2.45, 2.75) is 25.3 Å². The number of nitrogens with zero attached hydrogens (tertiary/aromatic N) is 4. The van der Waals surface area contributed by atoms with E-state index in [1.165, 1.54) is 11.3 Å². The number of hydrogen-bond acceptors (Lipinski definition) is 7. The minimum Gasteiger partial charge on any atom is -0.324 e. The monoisotopic (exact) mass is 512 g/mol. The summed E-state index contributed by atoms with van der Waals surface area (Å²) in [7, 11) is 2.11. The number of rotatable bonds is 6. The molecule has 0 atom stereocenters. The van der Waals surface area contributed by atoms with Gasteiger partial charge in [0.2, 0.25) is 11.0 Å². The average molecular weight is 513 g/mol. The summed E-state index contributed by atoms with van der Waals surface area (Å²) in [6, 6.07) is 15.1. The van der Waals surface area contributed by atoms with Crippen molar-refractivity contribution in [3.8, 4) is 10.6 Å². The molecule has 0 spiro atoms. The molecule has 0 bridgehead atoms. The molecule has 10 heteroatoms. The summed E-state index contributed by atoms with van der Waals surface area (Å²) < 4.78 is 0. The van der Waals surface area contributed by atoms with E-state index >= 15 is 0 Å². The van der Waals surface area contributed by atoms with Crippen LogP contribution in [0.4, 0.5) is 10.8 Å². The van der Waals surface area contributed by atoms with Crippen LogP contribution in [0.5, 0.6) is 0 Å². The van der Waals surface area contributed by atoms with Crippen molar-refractivity contribution in [1.82, 2.24) is 20.0 Å². The summed E-state index contributed by atoms with van der Waals surface area (Å²) in [5.74, 6) is -0.263. The maximum Gasteiger partial charge on any atom is 0.257 e. The van der Waals surface area contributed by atoms with E-state index in [-0.39, 0.29) is 24.2 Å². The Labute approximate surface area is 215 Å². The van der Waals surface area contributed by atoms with E-state index in [1.54, 1.807) is 12.1 Å². The van der Waals surface area contributed by atoms with Gasteiger partial charge in [-0.15, -0.1) is 22.6 Å². The maximum absolute atomic E-state index is 13.3. The molecule has 1 aromatic heterocycles. The molecule has 1 saturated carbocycles. The first kappa shape index (κ1) is 25.2. The van der Waals surface area contributed by atoms with Gasteiger partial charge in [0.15, 0.2) is 0 Å². The smallest absolute Gasteiger partial charge is 0.257 e. The third kappa shape index (κ3) is 5.38. The topological polar surface area (TPSA) is 90.5 Å². The lowest BCUT2D eigenvalue weighted by atomic mass is 10.1. The SMILES string of the molecule is Cc1ccc(C(=O)Nc2nnc(-c3ccccc3)s2)cc1NC(=O)C1(N2CCN(C)CC2)CC1.Cl. The second-order valence-corrected chi connectivity index (χ2v) is 10.0. The number of halogens is 1. The fourth-order valence-electron chi connectivity index (χ4n) is 4.32. The Bertz CT molecular complexity index is 1210. The van der Waals surface area contributed by atoms with E-state index in [0.717, 1.165) is 55.2 Å². The van der Waals surface area contributed by atoms with E-state index < -0.39 is 5.54 Å². The van der Waals surface area contributed by atoms with Crippen LogP contribution in [0.3, 0.4) is 0 Å². The fourth-order valence-corrected chi connectivity index (χ4v) is 5.06. The van der Waals surface area contributed by atoms with Crippen LogP contribution in [-0.4, -0.2) is 70.6 Å². The van der Waals surface area contributed by atoms with Crippen LogP contribution in [0.2, 0.25) is 0 Å². The van der Waals surface area contributed by atoms with E-state index in [1.807, 2.05) is 43.3 Å². The molecule has 2 aliphatic rings. The van der Waals surface area contributed by atoms with Crippen molar-refractivity contribution in [1.29, 1.82) is 0 Å². The zero-order valence-corrected chi connectivity index (χ0v) is 21.4. The third-order valence-corrected chi connectivity index (χ3v) is 7.56.